The highest BCUT2D eigenvalue weighted by atomic mass is 16.6. The van der Waals surface area contributed by atoms with Crippen LogP contribution in [0.5, 0.6) is 0 Å². The average molecular weight is 410 g/mol. The number of carbonyl (C=O) groups excluding carboxylic acids is 3. The molecule has 0 radical (unpaired) electrons. The number of hydrogen-bond donors (Lipinski definition) is 0. The topological polar surface area (TPSA) is 107 Å². The molecule has 1 aliphatic heterocycles. The SMILES string of the molecule is COC(=O)[C@](Cc1ccc(C)cc1)([C@@H]1CC(=O)N(Cc2ccccc2)C1=O)[N+](=O)[O-]. The van der Waals surface area contributed by atoms with Gasteiger partial charge in [0.2, 0.25) is 11.8 Å². The maximum Gasteiger partial charge on any atom is 0.385 e. The van der Waals surface area contributed by atoms with Crippen LogP contribution in [0.1, 0.15) is 23.1 Å². The molecule has 0 spiro atoms. The Labute approximate surface area is 173 Å². The molecule has 3 rings (SSSR count). The van der Waals surface area contributed by atoms with Crippen molar-refractivity contribution in [2.75, 3.05) is 7.11 Å². The number of ether oxygens (including phenoxy) is 1. The number of benzene rings is 2. The summed E-state index contributed by atoms with van der Waals surface area (Å²) in [5.74, 6) is -3.87. The van der Waals surface area contributed by atoms with Crippen LogP contribution in [0.2, 0.25) is 0 Å². The second-order valence-electron chi connectivity index (χ2n) is 7.40. The predicted molar refractivity (Wildman–Crippen MR) is 107 cm³/mol. The van der Waals surface area contributed by atoms with Gasteiger partial charge in [-0.2, -0.15) is 0 Å². The van der Waals surface area contributed by atoms with Gasteiger partial charge in [0, 0.05) is 11.3 Å². The number of aryl methyl sites for hydroxylation is 1. The molecular formula is C22H22N2O6. The Kier molecular flexibility index (Phi) is 5.96. The van der Waals surface area contributed by atoms with Gasteiger partial charge in [0.1, 0.15) is 5.92 Å². The van der Waals surface area contributed by atoms with E-state index in [1.54, 1.807) is 54.6 Å². The average Bonchev–Trinajstić information content (AvgIpc) is 3.02. The molecule has 2 atom stereocenters. The minimum Gasteiger partial charge on any atom is -0.464 e. The van der Waals surface area contributed by atoms with Gasteiger partial charge in [0.25, 0.3) is 0 Å². The van der Waals surface area contributed by atoms with E-state index in [-0.39, 0.29) is 13.0 Å². The van der Waals surface area contributed by atoms with Crippen molar-refractivity contribution in [3.63, 3.8) is 0 Å². The predicted octanol–water partition coefficient (Wildman–Crippen LogP) is 2.30. The minimum atomic E-state index is -2.39. The van der Waals surface area contributed by atoms with Crippen LogP contribution in [0, 0.1) is 23.0 Å². The van der Waals surface area contributed by atoms with Gasteiger partial charge in [-0.25, -0.2) is 4.79 Å². The zero-order valence-electron chi connectivity index (χ0n) is 16.7. The van der Waals surface area contributed by atoms with Crippen LogP contribution in [0.25, 0.3) is 0 Å². The first kappa shape index (κ1) is 21.2. The van der Waals surface area contributed by atoms with Gasteiger partial charge in [0.05, 0.1) is 20.1 Å². The van der Waals surface area contributed by atoms with Crippen LogP contribution in [-0.4, -0.2) is 40.3 Å². The molecule has 0 saturated carbocycles. The minimum absolute atomic E-state index is 0.00545. The van der Waals surface area contributed by atoms with E-state index in [0.717, 1.165) is 17.6 Å². The van der Waals surface area contributed by atoms with Crippen LogP contribution >= 0.6 is 0 Å². The molecule has 0 aromatic heterocycles. The summed E-state index contributed by atoms with van der Waals surface area (Å²) in [6, 6.07) is 15.7. The van der Waals surface area contributed by atoms with Crippen molar-refractivity contribution < 1.29 is 24.0 Å². The Morgan fingerprint density at radius 1 is 1.13 bits per heavy atom. The van der Waals surface area contributed by atoms with E-state index in [1.807, 2.05) is 6.92 Å². The molecule has 8 nitrogen and oxygen atoms in total. The maximum atomic E-state index is 13.1. The first-order valence-corrected chi connectivity index (χ1v) is 9.46. The Bertz CT molecular complexity index is 973. The number of nitrogens with zero attached hydrogens (tertiary/aromatic N) is 2. The summed E-state index contributed by atoms with van der Waals surface area (Å²) < 4.78 is 4.76. The van der Waals surface area contributed by atoms with Gasteiger partial charge in [-0.1, -0.05) is 60.2 Å². The summed E-state index contributed by atoms with van der Waals surface area (Å²) in [4.78, 5) is 50.9. The fraction of sp³-hybridized carbons (Fsp3) is 0.318. The second kappa shape index (κ2) is 8.44. The van der Waals surface area contributed by atoms with Crippen LogP contribution < -0.4 is 0 Å². The first-order chi connectivity index (χ1) is 14.3. The lowest BCUT2D eigenvalue weighted by Gasteiger charge is -2.27. The summed E-state index contributed by atoms with van der Waals surface area (Å²) in [5.41, 5.74) is -0.223. The number of likely N-dealkylation sites (tertiary alicyclic amines) is 1. The van der Waals surface area contributed by atoms with Crippen LogP contribution in [0.15, 0.2) is 54.6 Å². The molecule has 1 heterocycles. The number of methoxy groups -OCH3 is 1. The summed E-state index contributed by atoms with van der Waals surface area (Å²) in [5, 5.41) is 12.2. The van der Waals surface area contributed by atoms with Gasteiger partial charge < -0.3 is 4.74 Å². The highest BCUT2D eigenvalue weighted by Gasteiger charge is 2.65. The third kappa shape index (κ3) is 3.80. The monoisotopic (exact) mass is 410 g/mol. The molecule has 1 fully saturated rings. The van der Waals surface area contributed by atoms with Crippen molar-refractivity contribution in [3.8, 4) is 0 Å². The zero-order chi connectivity index (χ0) is 21.9. The molecule has 1 saturated heterocycles. The Morgan fingerprint density at radius 2 is 1.77 bits per heavy atom. The Morgan fingerprint density at radius 3 is 2.33 bits per heavy atom. The van der Waals surface area contributed by atoms with Gasteiger partial charge in [0.15, 0.2) is 0 Å². The smallest absolute Gasteiger partial charge is 0.385 e. The summed E-state index contributed by atoms with van der Waals surface area (Å²) in [7, 11) is 1.04. The molecule has 1 aliphatic rings. The largest absolute Gasteiger partial charge is 0.464 e. The first-order valence-electron chi connectivity index (χ1n) is 9.46. The molecule has 2 aromatic rings. The third-order valence-electron chi connectivity index (χ3n) is 5.46. The van der Waals surface area contributed by atoms with Crippen molar-refractivity contribution >= 4 is 17.8 Å². The normalized spacial score (nSPS) is 18.2. The molecule has 2 aromatic carbocycles. The number of imide groups is 1. The number of amides is 2. The lowest BCUT2D eigenvalue weighted by molar-refractivity contribution is -0.562. The van der Waals surface area contributed by atoms with Crippen molar-refractivity contribution in [1.82, 2.24) is 4.90 Å². The van der Waals surface area contributed by atoms with Crippen LogP contribution in [-0.2, 0) is 32.1 Å². The highest BCUT2D eigenvalue weighted by molar-refractivity contribution is 6.06. The van der Waals surface area contributed by atoms with Gasteiger partial charge in [-0.3, -0.25) is 24.6 Å². The van der Waals surface area contributed by atoms with Gasteiger partial charge >= 0.3 is 11.5 Å². The molecule has 2 amide bonds. The molecule has 0 aliphatic carbocycles. The number of carbonyl (C=O) groups is 3. The lowest BCUT2D eigenvalue weighted by atomic mass is 9.78. The standard InChI is InChI=1S/C22H22N2O6/c1-15-8-10-16(11-9-15)13-22(24(28)29,21(27)30-2)18-12-19(25)23(20(18)26)14-17-6-4-3-5-7-17/h3-11,18H,12-14H2,1-2H3/t18-,22+/m1/s1. The van der Waals surface area contributed by atoms with E-state index in [1.165, 1.54) is 0 Å². The van der Waals surface area contributed by atoms with E-state index in [9.17, 15) is 24.5 Å². The fourth-order valence-corrected chi connectivity index (χ4v) is 3.79. The zero-order valence-corrected chi connectivity index (χ0v) is 16.7. The van der Waals surface area contributed by atoms with Crippen molar-refractivity contribution in [2.45, 2.75) is 31.8 Å². The Hall–Kier alpha value is -3.55. The number of hydrogen-bond acceptors (Lipinski definition) is 6. The highest BCUT2D eigenvalue weighted by Crippen LogP contribution is 2.37. The number of nitro groups is 1. The molecular weight excluding hydrogens is 388 g/mol. The summed E-state index contributed by atoms with van der Waals surface area (Å²) in [6.07, 6.45) is -0.774. The lowest BCUT2D eigenvalue weighted by Crippen LogP contribution is -2.57. The van der Waals surface area contributed by atoms with Crippen LogP contribution in [0.4, 0.5) is 0 Å². The fourth-order valence-electron chi connectivity index (χ4n) is 3.79. The quantitative estimate of drug-likeness (QED) is 0.300. The number of rotatable bonds is 7. The molecule has 156 valence electrons. The molecule has 8 heteroatoms. The maximum absolute atomic E-state index is 13.1. The third-order valence-corrected chi connectivity index (χ3v) is 5.46. The number of esters is 1. The van der Waals surface area contributed by atoms with Gasteiger partial charge in [-0.15, -0.1) is 0 Å². The van der Waals surface area contributed by atoms with E-state index in [4.69, 9.17) is 4.74 Å². The second-order valence-corrected chi connectivity index (χ2v) is 7.40. The summed E-state index contributed by atoms with van der Waals surface area (Å²) >= 11 is 0. The van der Waals surface area contributed by atoms with Crippen LogP contribution in [0.3, 0.4) is 0 Å². The molecule has 0 bridgehead atoms. The molecule has 0 unspecified atom stereocenters. The van der Waals surface area contributed by atoms with Crippen molar-refractivity contribution in [1.29, 1.82) is 0 Å². The van der Waals surface area contributed by atoms with E-state index in [2.05, 4.69) is 0 Å². The van der Waals surface area contributed by atoms with E-state index >= 15 is 0 Å². The van der Waals surface area contributed by atoms with Crippen molar-refractivity contribution in [2.24, 2.45) is 5.92 Å². The summed E-state index contributed by atoms with van der Waals surface area (Å²) in [6.45, 7) is 1.86. The molecule has 0 N–H and O–H groups in total. The van der Waals surface area contributed by atoms with Gasteiger partial charge in [-0.05, 0) is 18.1 Å². The Balaban J connectivity index is 1.99. The van der Waals surface area contributed by atoms with E-state index in [0.29, 0.717) is 11.1 Å². The molecule has 30 heavy (non-hydrogen) atoms. The van der Waals surface area contributed by atoms with Crippen molar-refractivity contribution in [3.05, 3.63) is 81.4 Å². The van der Waals surface area contributed by atoms with E-state index < -0.39 is 40.6 Å².